The summed E-state index contributed by atoms with van der Waals surface area (Å²) in [6.45, 7) is 0. The van der Waals surface area contributed by atoms with Crippen molar-refractivity contribution < 1.29 is 0 Å². The van der Waals surface area contributed by atoms with Gasteiger partial charge in [-0.1, -0.05) is 42.5 Å². The molecule has 0 radical (unpaired) electrons. The standard InChI is InChI=1S/C18H16N2/c1-2-7-15-12-16(11-14(15)6-1)19-18-10-9-13-5-3-4-8-17(13)20-18/h1-10,16H,11-12H2,(H,19,20). The van der Waals surface area contributed by atoms with Gasteiger partial charge in [0.05, 0.1) is 5.52 Å². The molecule has 1 N–H and O–H groups in total. The number of aromatic nitrogens is 1. The van der Waals surface area contributed by atoms with Crippen LogP contribution in [0.15, 0.2) is 60.7 Å². The van der Waals surface area contributed by atoms with E-state index in [1.165, 1.54) is 16.5 Å². The van der Waals surface area contributed by atoms with Gasteiger partial charge in [-0.3, -0.25) is 0 Å². The molecular formula is C18H16N2. The minimum absolute atomic E-state index is 0.459. The Morgan fingerprint density at radius 3 is 2.30 bits per heavy atom. The normalized spacial score (nSPS) is 14.4. The lowest BCUT2D eigenvalue weighted by molar-refractivity contribution is 0.770. The van der Waals surface area contributed by atoms with E-state index < -0.39 is 0 Å². The van der Waals surface area contributed by atoms with Crippen LogP contribution >= 0.6 is 0 Å². The molecule has 0 aliphatic heterocycles. The van der Waals surface area contributed by atoms with E-state index in [9.17, 15) is 0 Å². The number of pyridine rings is 1. The van der Waals surface area contributed by atoms with Crippen molar-refractivity contribution in [1.82, 2.24) is 4.98 Å². The van der Waals surface area contributed by atoms with Crippen LogP contribution in [0.25, 0.3) is 10.9 Å². The van der Waals surface area contributed by atoms with E-state index in [1.807, 2.05) is 12.1 Å². The van der Waals surface area contributed by atoms with Gasteiger partial charge in [-0.15, -0.1) is 0 Å². The van der Waals surface area contributed by atoms with Gasteiger partial charge >= 0.3 is 0 Å². The Morgan fingerprint density at radius 2 is 1.50 bits per heavy atom. The molecule has 20 heavy (non-hydrogen) atoms. The Morgan fingerprint density at radius 1 is 0.800 bits per heavy atom. The summed E-state index contributed by atoms with van der Waals surface area (Å²) in [6.07, 6.45) is 2.18. The summed E-state index contributed by atoms with van der Waals surface area (Å²) in [5.74, 6) is 0.974. The fourth-order valence-corrected chi connectivity index (χ4v) is 3.02. The van der Waals surface area contributed by atoms with Crippen molar-refractivity contribution in [2.75, 3.05) is 5.32 Å². The molecule has 1 aliphatic rings. The molecule has 2 heteroatoms. The molecule has 0 spiro atoms. The first-order valence-electron chi connectivity index (χ1n) is 7.07. The van der Waals surface area contributed by atoms with Crippen molar-refractivity contribution in [1.29, 1.82) is 0 Å². The first-order valence-corrected chi connectivity index (χ1v) is 7.07. The van der Waals surface area contributed by atoms with E-state index in [1.54, 1.807) is 0 Å². The van der Waals surface area contributed by atoms with E-state index in [2.05, 4.69) is 53.8 Å². The molecule has 0 atom stereocenters. The predicted octanol–water partition coefficient (Wildman–Crippen LogP) is 3.81. The highest BCUT2D eigenvalue weighted by atomic mass is 15.0. The number of hydrogen-bond acceptors (Lipinski definition) is 2. The Hall–Kier alpha value is -2.35. The van der Waals surface area contributed by atoms with Crippen molar-refractivity contribution in [3.8, 4) is 0 Å². The summed E-state index contributed by atoms with van der Waals surface area (Å²) >= 11 is 0. The minimum atomic E-state index is 0.459. The average Bonchev–Trinajstić information content (AvgIpc) is 2.89. The molecule has 4 rings (SSSR count). The van der Waals surface area contributed by atoms with Gasteiger partial charge < -0.3 is 5.32 Å². The molecule has 3 aromatic rings. The lowest BCUT2D eigenvalue weighted by atomic mass is 10.1. The van der Waals surface area contributed by atoms with Gasteiger partial charge in [0, 0.05) is 11.4 Å². The number of benzene rings is 2. The number of nitrogens with zero attached hydrogens (tertiary/aromatic N) is 1. The Balaban J connectivity index is 1.57. The van der Waals surface area contributed by atoms with E-state index in [0.29, 0.717) is 6.04 Å². The van der Waals surface area contributed by atoms with Gasteiger partial charge in [-0.2, -0.15) is 0 Å². The van der Waals surface area contributed by atoms with Gasteiger partial charge in [-0.25, -0.2) is 4.98 Å². The van der Waals surface area contributed by atoms with Crippen LogP contribution in [0.3, 0.4) is 0 Å². The average molecular weight is 260 g/mol. The third-order valence-electron chi connectivity index (χ3n) is 4.00. The van der Waals surface area contributed by atoms with E-state index >= 15 is 0 Å². The lowest BCUT2D eigenvalue weighted by Gasteiger charge is -2.13. The highest BCUT2D eigenvalue weighted by Gasteiger charge is 2.20. The van der Waals surface area contributed by atoms with Crippen LogP contribution in [-0.4, -0.2) is 11.0 Å². The van der Waals surface area contributed by atoms with Crippen LogP contribution in [0.4, 0.5) is 5.82 Å². The fourth-order valence-electron chi connectivity index (χ4n) is 3.02. The largest absolute Gasteiger partial charge is 0.367 e. The summed E-state index contributed by atoms with van der Waals surface area (Å²) < 4.78 is 0. The smallest absolute Gasteiger partial charge is 0.126 e. The molecule has 0 saturated heterocycles. The molecule has 1 aliphatic carbocycles. The number of rotatable bonds is 2. The summed E-state index contributed by atoms with van der Waals surface area (Å²) in [5, 5.41) is 4.76. The van der Waals surface area contributed by atoms with Crippen molar-refractivity contribution in [2.24, 2.45) is 0 Å². The van der Waals surface area contributed by atoms with Gasteiger partial charge in [0.25, 0.3) is 0 Å². The molecular weight excluding hydrogens is 244 g/mol. The minimum Gasteiger partial charge on any atom is -0.367 e. The lowest BCUT2D eigenvalue weighted by Crippen LogP contribution is -2.20. The SMILES string of the molecule is c1ccc2c(c1)CC(Nc1ccc3ccccc3n1)C2. The first-order chi connectivity index (χ1) is 9.88. The second-order valence-electron chi connectivity index (χ2n) is 5.41. The molecule has 0 bridgehead atoms. The maximum Gasteiger partial charge on any atom is 0.126 e. The molecule has 0 fully saturated rings. The van der Waals surface area contributed by atoms with Crippen molar-refractivity contribution in [3.05, 3.63) is 71.8 Å². The molecule has 0 saturated carbocycles. The van der Waals surface area contributed by atoms with Crippen LogP contribution in [0.2, 0.25) is 0 Å². The van der Waals surface area contributed by atoms with Crippen molar-refractivity contribution in [2.45, 2.75) is 18.9 Å². The summed E-state index contributed by atoms with van der Waals surface area (Å²) in [5.41, 5.74) is 3.98. The molecule has 2 nitrogen and oxygen atoms in total. The summed E-state index contributed by atoms with van der Waals surface area (Å²) in [7, 11) is 0. The number of fused-ring (bicyclic) bond motifs is 2. The number of hydrogen-bond donors (Lipinski definition) is 1. The van der Waals surface area contributed by atoms with Crippen LogP contribution in [-0.2, 0) is 12.8 Å². The van der Waals surface area contributed by atoms with E-state index in [-0.39, 0.29) is 0 Å². The van der Waals surface area contributed by atoms with Crippen LogP contribution in [0.5, 0.6) is 0 Å². The van der Waals surface area contributed by atoms with Gasteiger partial charge in [0.1, 0.15) is 5.82 Å². The topological polar surface area (TPSA) is 24.9 Å². The van der Waals surface area contributed by atoms with Crippen LogP contribution in [0.1, 0.15) is 11.1 Å². The monoisotopic (exact) mass is 260 g/mol. The highest BCUT2D eigenvalue weighted by Crippen LogP contribution is 2.24. The highest BCUT2D eigenvalue weighted by molar-refractivity contribution is 5.80. The van der Waals surface area contributed by atoms with E-state index in [0.717, 1.165) is 24.2 Å². The third kappa shape index (κ3) is 2.03. The number of para-hydroxylation sites is 1. The Labute approximate surface area is 118 Å². The number of anilines is 1. The molecule has 0 unspecified atom stereocenters. The summed E-state index contributed by atoms with van der Waals surface area (Å²) in [4.78, 5) is 4.69. The predicted molar refractivity (Wildman–Crippen MR) is 83.0 cm³/mol. The Kier molecular flexibility index (Phi) is 2.66. The second kappa shape index (κ2) is 4.64. The van der Waals surface area contributed by atoms with Crippen LogP contribution in [0, 0.1) is 0 Å². The van der Waals surface area contributed by atoms with Gasteiger partial charge in [0.2, 0.25) is 0 Å². The quantitative estimate of drug-likeness (QED) is 0.757. The van der Waals surface area contributed by atoms with Gasteiger partial charge in [0.15, 0.2) is 0 Å². The van der Waals surface area contributed by atoms with Crippen molar-refractivity contribution >= 4 is 16.7 Å². The maximum atomic E-state index is 4.69. The first kappa shape index (κ1) is 11.5. The number of nitrogens with one attached hydrogen (secondary N) is 1. The zero-order chi connectivity index (χ0) is 13.4. The second-order valence-corrected chi connectivity index (χ2v) is 5.41. The van der Waals surface area contributed by atoms with Gasteiger partial charge in [-0.05, 0) is 42.2 Å². The molecule has 1 aromatic heterocycles. The molecule has 98 valence electrons. The zero-order valence-electron chi connectivity index (χ0n) is 11.2. The molecule has 2 aromatic carbocycles. The summed E-state index contributed by atoms with van der Waals surface area (Å²) in [6, 6.07) is 21.6. The fraction of sp³-hybridized carbons (Fsp3) is 0.167. The maximum absolute atomic E-state index is 4.69. The third-order valence-corrected chi connectivity index (χ3v) is 4.00. The Bertz CT molecular complexity index is 739. The van der Waals surface area contributed by atoms with E-state index in [4.69, 9.17) is 4.98 Å². The molecule has 0 amide bonds. The zero-order valence-corrected chi connectivity index (χ0v) is 11.2. The molecule has 1 heterocycles. The van der Waals surface area contributed by atoms with Crippen molar-refractivity contribution in [3.63, 3.8) is 0 Å². The van der Waals surface area contributed by atoms with Crippen LogP contribution < -0.4 is 5.32 Å².